The minimum atomic E-state index is -0.231. The van der Waals surface area contributed by atoms with Crippen LogP contribution in [0.2, 0.25) is 0 Å². The molecule has 0 heterocycles. The Morgan fingerprint density at radius 1 is 1.19 bits per heavy atom. The third-order valence-corrected chi connectivity index (χ3v) is 3.13. The Hall–Kier alpha value is -1.56. The molecule has 1 aliphatic rings. The molecule has 84 valence electrons. The standard InChI is InChI=1S/C13H15FN2/c14-11-5-7-12(8-6-11)16-13-4-2-1-3-10(13)9-15/h5-8,10,13,16H,1-4H2. The Kier molecular flexibility index (Phi) is 3.40. The number of rotatable bonds is 2. The maximum absolute atomic E-state index is 12.7. The van der Waals surface area contributed by atoms with Crippen molar-refractivity contribution in [2.24, 2.45) is 5.92 Å². The van der Waals surface area contributed by atoms with Gasteiger partial charge in [0.25, 0.3) is 0 Å². The van der Waals surface area contributed by atoms with Crippen molar-refractivity contribution < 1.29 is 4.39 Å². The maximum atomic E-state index is 12.7. The van der Waals surface area contributed by atoms with E-state index in [0.29, 0.717) is 0 Å². The number of nitriles is 1. The molecular formula is C13H15FN2. The number of halogens is 1. The van der Waals surface area contributed by atoms with Crippen LogP contribution in [0.25, 0.3) is 0 Å². The van der Waals surface area contributed by atoms with Crippen molar-refractivity contribution in [1.29, 1.82) is 5.26 Å². The maximum Gasteiger partial charge on any atom is 0.123 e. The highest BCUT2D eigenvalue weighted by molar-refractivity contribution is 5.44. The van der Waals surface area contributed by atoms with Crippen molar-refractivity contribution in [2.45, 2.75) is 31.7 Å². The highest BCUT2D eigenvalue weighted by Gasteiger charge is 2.24. The summed E-state index contributed by atoms with van der Waals surface area (Å²) in [6.07, 6.45) is 4.29. The van der Waals surface area contributed by atoms with Gasteiger partial charge in [-0.3, -0.25) is 0 Å². The van der Waals surface area contributed by atoms with Crippen LogP contribution in [0.3, 0.4) is 0 Å². The van der Waals surface area contributed by atoms with Gasteiger partial charge in [0.2, 0.25) is 0 Å². The van der Waals surface area contributed by atoms with E-state index in [1.807, 2.05) is 0 Å². The number of hydrogen-bond acceptors (Lipinski definition) is 2. The molecule has 2 rings (SSSR count). The Balaban J connectivity index is 2.02. The van der Waals surface area contributed by atoms with Crippen molar-refractivity contribution in [1.82, 2.24) is 0 Å². The summed E-state index contributed by atoms with van der Waals surface area (Å²) < 4.78 is 12.7. The third-order valence-electron chi connectivity index (χ3n) is 3.13. The number of benzene rings is 1. The van der Waals surface area contributed by atoms with E-state index in [1.54, 1.807) is 12.1 Å². The first-order valence-electron chi connectivity index (χ1n) is 5.71. The highest BCUT2D eigenvalue weighted by atomic mass is 19.1. The molecule has 0 saturated heterocycles. The van der Waals surface area contributed by atoms with Crippen LogP contribution < -0.4 is 5.32 Å². The zero-order valence-corrected chi connectivity index (χ0v) is 9.12. The van der Waals surface area contributed by atoms with Crippen LogP contribution in [0.4, 0.5) is 10.1 Å². The summed E-state index contributed by atoms with van der Waals surface area (Å²) >= 11 is 0. The van der Waals surface area contributed by atoms with Crippen LogP contribution in [-0.2, 0) is 0 Å². The first kappa shape index (κ1) is 10.9. The van der Waals surface area contributed by atoms with Gasteiger partial charge >= 0.3 is 0 Å². The first-order valence-corrected chi connectivity index (χ1v) is 5.71. The molecule has 1 fully saturated rings. The largest absolute Gasteiger partial charge is 0.381 e. The smallest absolute Gasteiger partial charge is 0.123 e. The zero-order valence-electron chi connectivity index (χ0n) is 9.12. The lowest BCUT2D eigenvalue weighted by molar-refractivity contribution is 0.389. The van der Waals surface area contributed by atoms with Crippen LogP contribution in [0.1, 0.15) is 25.7 Å². The lowest BCUT2D eigenvalue weighted by Gasteiger charge is -2.28. The molecule has 2 atom stereocenters. The van der Waals surface area contributed by atoms with Crippen LogP contribution in [-0.4, -0.2) is 6.04 Å². The molecule has 1 N–H and O–H groups in total. The van der Waals surface area contributed by atoms with Crippen molar-refractivity contribution >= 4 is 5.69 Å². The fourth-order valence-electron chi connectivity index (χ4n) is 2.22. The Bertz CT molecular complexity index is 380. The van der Waals surface area contributed by atoms with Gasteiger partial charge in [0, 0.05) is 11.7 Å². The second kappa shape index (κ2) is 4.98. The van der Waals surface area contributed by atoms with Gasteiger partial charge < -0.3 is 5.32 Å². The molecule has 3 heteroatoms. The van der Waals surface area contributed by atoms with Gasteiger partial charge in [-0.05, 0) is 37.1 Å². The Labute approximate surface area is 95.1 Å². The molecule has 2 unspecified atom stereocenters. The summed E-state index contributed by atoms with van der Waals surface area (Å²) in [4.78, 5) is 0. The van der Waals surface area contributed by atoms with E-state index in [2.05, 4.69) is 11.4 Å². The second-order valence-corrected chi connectivity index (χ2v) is 4.28. The van der Waals surface area contributed by atoms with E-state index in [0.717, 1.165) is 31.4 Å². The van der Waals surface area contributed by atoms with Crippen molar-refractivity contribution in [3.63, 3.8) is 0 Å². The Morgan fingerprint density at radius 3 is 2.56 bits per heavy atom. The molecule has 0 spiro atoms. The lowest BCUT2D eigenvalue weighted by Crippen LogP contribution is -2.31. The predicted octanol–water partition coefficient (Wildman–Crippen LogP) is 3.32. The van der Waals surface area contributed by atoms with Gasteiger partial charge in [0.1, 0.15) is 5.82 Å². The van der Waals surface area contributed by atoms with Gasteiger partial charge in [0.15, 0.2) is 0 Å². The summed E-state index contributed by atoms with van der Waals surface area (Å²) in [5, 5.41) is 12.4. The molecule has 0 amide bonds. The molecule has 2 nitrogen and oxygen atoms in total. The third kappa shape index (κ3) is 2.52. The molecule has 1 aromatic rings. The van der Waals surface area contributed by atoms with Gasteiger partial charge in [-0.25, -0.2) is 4.39 Å². The van der Waals surface area contributed by atoms with Crippen molar-refractivity contribution in [2.75, 3.05) is 5.32 Å². The number of nitrogens with one attached hydrogen (secondary N) is 1. The summed E-state index contributed by atoms with van der Waals surface area (Å²) in [5.74, 6) is -0.148. The molecular weight excluding hydrogens is 203 g/mol. The monoisotopic (exact) mass is 218 g/mol. The van der Waals surface area contributed by atoms with Crippen LogP contribution in [0.5, 0.6) is 0 Å². The predicted molar refractivity (Wildman–Crippen MR) is 61.4 cm³/mol. The molecule has 16 heavy (non-hydrogen) atoms. The van der Waals surface area contributed by atoms with E-state index in [9.17, 15) is 4.39 Å². The summed E-state index contributed by atoms with van der Waals surface area (Å²) in [6.45, 7) is 0. The lowest BCUT2D eigenvalue weighted by atomic mass is 9.85. The molecule has 0 bridgehead atoms. The van der Waals surface area contributed by atoms with Crippen LogP contribution in [0, 0.1) is 23.1 Å². The fourth-order valence-corrected chi connectivity index (χ4v) is 2.22. The van der Waals surface area contributed by atoms with Crippen molar-refractivity contribution in [3.05, 3.63) is 30.1 Å². The van der Waals surface area contributed by atoms with Crippen molar-refractivity contribution in [3.8, 4) is 6.07 Å². The SMILES string of the molecule is N#CC1CCCCC1Nc1ccc(F)cc1. The summed E-state index contributed by atoms with van der Waals surface area (Å²) in [5.41, 5.74) is 0.897. The van der Waals surface area contributed by atoms with Gasteiger partial charge in [-0.1, -0.05) is 12.8 Å². The molecule has 1 aliphatic carbocycles. The minimum Gasteiger partial charge on any atom is -0.381 e. The summed E-state index contributed by atoms with van der Waals surface area (Å²) in [7, 11) is 0. The molecule has 0 radical (unpaired) electrons. The molecule has 1 aromatic carbocycles. The molecule has 0 aliphatic heterocycles. The molecule has 0 aromatic heterocycles. The van der Waals surface area contributed by atoms with Gasteiger partial charge in [-0.15, -0.1) is 0 Å². The normalized spacial score (nSPS) is 24.8. The average molecular weight is 218 g/mol. The van der Waals surface area contributed by atoms with Crippen LogP contribution in [0.15, 0.2) is 24.3 Å². The molecule has 1 saturated carbocycles. The van der Waals surface area contributed by atoms with Crippen LogP contribution >= 0.6 is 0 Å². The summed E-state index contributed by atoms with van der Waals surface area (Å²) in [6, 6.07) is 8.88. The highest BCUT2D eigenvalue weighted by Crippen LogP contribution is 2.26. The van der Waals surface area contributed by atoms with E-state index < -0.39 is 0 Å². The van der Waals surface area contributed by atoms with E-state index in [-0.39, 0.29) is 17.8 Å². The minimum absolute atomic E-state index is 0.0822. The quantitative estimate of drug-likeness (QED) is 0.826. The number of anilines is 1. The second-order valence-electron chi connectivity index (χ2n) is 4.28. The van der Waals surface area contributed by atoms with E-state index in [4.69, 9.17) is 5.26 Å². The Morgan fingerprint density at radius 2 is 1.88 bits per heavy atom. The van der Waals surface area contributed by atoms with Gasteiger partial charge in [0.05, 0.1) is 12.0 Å². The number of hydrogen-bond donors (Lipinski definition) is 1. The topological polar surface area (TPSA) is 35.8 Å². The fraction of sp³-hybridized carbons (Fsp3) is 0.462. The van der Waals surface area contributed by atoms with E-state index in [1.165, 1.54) is 12.1 Å². The average Bonchev–Trinajstić information content (AvgIpc) is 2.33. The van der Waals surface area contributed by atoms with E-state index >= 15 is 0 Å². The number of nitrogens with zero attached hydrogens (tertiary/aromatic N) is 1. The van der Waals surface area contributed by atoms with Gasteiger partial charge in [-0.2, -0.15) is 5.26 Å². The first-order chi connectivity index (χ1) is 7.79. The zero-order chi connectivity index (χ0) is 11.4.